The van der Waals surface area contributed by atoms with Gasteiger partial charge in [-0.2, -0.15) is 4.99 Å². The summed E-state index contributed by atoms with van der Waals surface area (Å²) in [5, 5.41) is 0. The number of thiophene rings is 1. The Morgan fingerprint density at radius 1 is 1.24 bits per heavy atom. The monoisotopic (exact) mass is 299 g/mol. The van der Waals surface area contributed by atoms with Crippen LogP contribution < -0.4 is 5.73 Å². The maximum atomic E-state index is 12.1. The summed E-state index contributed by atoms with van der Waals surface area (Å²) < 4.78 is 0. The van der Waals surface area contributed by atoms with E-state index in [4.69, 9.17) is 5.73 Å². The molecule has 108 valence electrons. The zero-order valence-electron chi connectivity index (χ0n) is 11.8. The molecule has 0 saturated heterocycles. The quantitative estimate of drug-likeness (QED) is 0.941. The number of nitrogens with zero attached hydrogens (tertiary/aromatic N) is 2. The first-order valence-corrected chi connectivity index (χ1v) is 7.78. The molecule has 1 aromatic heterocycles. The number of nitrogens with two attached hydrogens (primary N) is 1. The highest BCUT2D eigenvalue weighted by molar-refractivity contribution is 7.12. The molecule has 5 heteroatoms. The Kier molecular flexibility index (Phi) is 3.75. The average molecular weight is 299 g/mol. The summed E-state index contributed by atoms with van der Waals surface area (Å²) in [5.74, 6) is 0.389. The molecule has 2 N–H and O–H groups in total. The summed E-state index contributed by atoms with van der Waals surface area (Å²) in [6.07, 6.45) is 0.987. The van der Waals surface area contributed by atoms with Crippen molar-refractivity contribution in [1.29, 1.82) is 0 Å². The summed E-state index contributed by atoms with van der Waals surface area (Å²) in [7, 11) is 0. The van der Waals surface area contributed by atoms with Crippen LogP contribution >= 0.6 is 11.3 Å². The van der Waals surface area contributed by atoms with Crippen LogP contribution in [0.1, 0.15) is 28.3 Å². The number of amidine groups is 1. The lowest BCUT2D eigenvalue weighted by molar-refractivity contribution is 0.204. The summed E-state index contributed by atoms with van der Waals surface area (Å²) in [6.45, 7) is 2.64. The van der Waals surface area contributed by atoms with Crippen molar-refractivity contribution >= 4 is 23.2 Å². The molecule has 0 aliphatic carbocycles. The van der Waals surface area contributed by atoms with Gasteiger partial charge in [-0.15, -0.1) is 11.3 Å². The normalized spacial score (nSPS) is 18.1. The molecule has 3 rings (SSSR count). The number of hydrogen-bond donors (Lipinski definition) is 1. The van der Waals surface area contributed by atoms with E-state index in [0.29, 0.717) is 12.4 Å². The molecule has 4 nitrogen and oxygen atoms in total. The number of carbonyl (C=O) groups excluding carboxylic acids is 1. The third-order valence-electron chi connectivity index (χ3n) is 3.56. The van der Waals surface area contributed by atoms with Gasteiger partial charge >= 0.3 is 6.03 Å². The van der Waals surface area contributed by atoms with E-state index in [2.05, 4.69) is 18.0 Å². The molecule has 21 heavy (non-hydrogen) atoms. The van der Waals surface area contributed by atoms with E-state index >= 15 is 0 Å². The molecule has 1 atom stereocenters. The molecular formula is C16H17N3OS. The molecule has 2 amide bonds. The van der Waals surface area contributed by atoms with E-state index in [9.17, 15) is 4.79 Å². The van der Waals surface area contributed by atoms with E-state index in [-0.39, 0.29) is 12.1 Å². The Morgan fingerprint density at radius 3 is 2.67 bits per heavy atom. The second-order valence-corrected chi connectivity index (χ2v) is 6.19. The van der Waals surface area contributed by atoms with Crippen molar-refractivity contribution in [3.05, 3.63) is 57.8 Å². The highest BCUT2D eigenvalue weighted by Crippen LogP contribution is 2.33. The summed E-state index contributed by atoms with van der Waals surface area (Å²) >= 11 is 1.70. The van der Waals surface area contributed by atoms with Crippen LogP contribution in [0.5, 0.6) is 0 Å². The van der Waals surface area contributed by atoms with Crippen molar-refractivity contribution < 1.29 is 4.79 Å². The molecular weight excluding hydrogens is 282 g/mol. The van der Waals surface area contributed by atoms with E-state index in [1.165, 1.54) is 4.88 Å². The van der Waals surface area contributed by atoms with Crippen LogP contribution in [0.25, 0.3) is 0 Å². The van der Waals surface area contributed by atoms with Crippen molar-refractivity contribution in [3.8, 4) is 0 Å². The average Bonchev–Trinajstić information content (AvgIpc) is 3.05. The van der Waals surface area contributed by atoms with Gasteiger partial charge in [0.2, 0.25) is 0 Å². The van der Waals surface area contributed by atoms with Gasteiger partial charge in [-0.05, 0) is 24.1 Å². The molecule has 1 unspecified atom stereocenters. The zero-order valence-corrected chi connectivity index (χ0v) is 12.6. The van der Waals surface area contributed by atoms with Crippen molar-refractivity contribution in [2.75, 3.05) is 0 Å². The lowest BCUT2D eigenvalue weighted by atomic mass is 10.1. The van der Waals surface area contributed by atoms with Crippen molar-refractivity contribution in [3.63, 3.8) is 0 Å². The van der Waals surface area contributed by atoms with Crippen LogP contribution in [0.4, 0.5) is 4.79 Å². The SMILES string of the molecule is CCc1ccc(C2C(N)=NC(=O)N2Cc2ccccc2)s1. The third kappa shape index (κ3) is 2.69. The molecule has 0 bridgehead atoms. The van der Waals surface area contributed by atoms with Crippen LogP contribution in [0.15, 0.2) is 47.5 Å². The second-order valence-electron chi connectivity index (χ2n) is 4.99. The largest absolute Gasteiger partial charge is 0.385 e. The van der Waals surface area contributed by atoms with Gasteiger partial charge in [0.25, 0.3) is 0 Å². The number of hydrogen-bond acceptors (Lipinski definition) is 3. The molecule has 1 aliphatic heterocycles. The van der Waals surface area contributed by atoms with Crippen LogP contribution in [0.3, 0.4) is 0 Å². The van der Waals surface area contributed by atoms with Gasteiger partial charge in [0, 0.05) is 16.3 Å². The number of urea groups is 1. The van der Waals surface area contributed by atoms with E-state index in [1.54, 1.807) is 16.2 Å². The van der Waals surface area contributed by atoms with Gasteiger partial charge in [-0.25, -0.2) is 4.79 Å². The van der Waals surface area contributed by atoms with Crippen LogP contribution in [-0.2, 0) is 13.0 Å². The van der Waals surface area contributed by atoms with Gasteiger partial charge < -0.3 is 10.6 Å². The van der Waals surface area contributed by atoms with E-state index in [1.807, 2.05) is 36.4 Å². The maximum Gasteiger partial charge on any atom is 0.346 e. The Bertz CT molecular complexity index is 678. The summed E-state index contributed by atoms with van der Waals surface area (Å²) in [4.78, 5) is 20.2. The Balaban J connectivity index is 1.89. The van der Waals surface area contributed by atoms with Gasteiger partial charge in [-0.1, -0.05) is 37.3 Å². The number of rotatable bonds is 4. The molecule has 0 saturated carbocycles. The highest BCUT2D eigenvalue weighted by Gasteiger charge is 2.35. The van der Waals surface area contributed by atoms with Crippen LogP contribution in [-0.4, -0.2) is 16.8 Å². The number of carbonyl (C=O) groups is 1. The first kappa shape index (κ1) is 13.8. The minimum atomic E-state index is -0.257. The Morgan fingerprint density at radius 2 is 2.00 bits per heavy atom. The number of amides is 2. The number of benzene rings is 1. The number of aryl methyl sites for hydroxylation is 1. The lowest BCUT2D eigenvalue weighted by Gasteiger charge is -2.23. The molecule has 2 aromatic rings. The first-order chi connectivity index (χ1) is 10.2. The van der Waals surface area contributed by atoms with E-state index < -0.39 is 0 Å². The van der Waals surface area contributed by atoms with Gasteiger partial charge in [-0.3, -0.25) is 0 Å². The zero-order chi connectivity index (χ0) is 14.8. The van der Waals surface area contributed by atoms with Gasteiger partial charge in [0.1, 0.15) is 11.9 Å². The smallest absolute Gasteiger partial charge is 0.346 e. The van der Waals surface area contributed by atoms with Crippen molar-refractivity contribution in [2.24, 2.45) is 10.7 Å². The molecule has 2 heterocycles. The predicted octanol–water partition coefficient (Wildman–Crippen LogP) is 3.34. The lowest BCUT2D eigenvalue weighted by Crippen LogP contribution is -2.32. The fourth-order valence-corrected chi connectivity index (χ4v) is 3.55. The third-order valence-corrected chi connectivity index (χ3v) is 4.84. The minimum Gasteiger partial charge on any atom is -0.385 e. The standard InChI is InChI=1S/C16H17N3OS/c1-2-12-8-9-13(21-12)14-15(17)18-16(20)19(14)10-11-6-4-3-5-7-11/h3-9,14H,2,10H2,1H3,(H2,17,18,20). The van der Waals surface area contributed by atoms with Crippen LogP contribution in [0.2, 0.25) is 0 Å². The topological polar surface area (TPSA) is 58.7 Å². The summed E-state index contributed by atoms with van der Waals surface area (Å²) in [6, 6.07) is 13.6. The number of aliphatic imine (C=N–C) groups is 1. The molecule has 0 fully saturated rings. The molecule has 0 spiro atoms. The van der Waals surface area contributed by atoms with Crippen molar-refractivity contribution in [2.45, 2.75) is 25.9 Å². The first-order valence-electron chi connectivity index (χ1n) is 6.96. The van der Waals surface area contributed by atoms with Gasteiger partial charge in [0.05, 0.1) is 0 Å². The maximum absolute atomic E-state index is 12.1. The minimum absolute atomic E-state index is 0.233. The van der Waals surface area contributed by atoms with Gasteiger partial charge in [0.15, 0.2) is 0 Å². The summed E-state index contributed by atoms with van der Waals surface area (Å²) in [5.41, 5.74) is 7.07. The molecule has 1 aromatic carbocycles. The predicted molar refractivity (Wildman–Crippen MR) is 85.4 cm³/mol. The highest BCUT2D eigenvalue weighted by atomic mass is 32.1. The van der Waals surface area contributed by atoms with E-state index in [0.717, 1.165) is 16.9 Å². The Hall–Kier alpha value is -2.14. The molecule has 1 aliphatic rings. The molecule has 0 radical (unpaired) electrons. The van der Waals surface area contributed by atoms with Crippen LogP contribution in [0, 0.1) is 0 Å². The fourth-order valence-electron chi connectivity index (χ4n) is 2.48. The second kappa shape index (κ2) is 5.69. The fraction of sp³-hybridized carbons (Fsp3) is 0.250. The van der Waals surface area contributed by atoms with Crippen molar-refractivity contribution in [1.82, 2.24) is 4.90 Å². The Labute approximate surface area is 127 Å².